The van der Waals surface area contributed by atoms with Crippen LogP contribution in [0.1, 0.15) is 30.0 Å². The van der Waals surface area contributed by atoms with Crippen molar-refractivity contribution in [2.24, 2.45) is 0 Å². The molecule has 0 spiro atoms. The van der Waals surface area contributed by atoms with Crippen molar-refractivity contribution in [2.45, 2.75) is 25.8 Å². The van der Waals surface area contributed by atoms with E-state index in [0.717, 1.165) is 18.4 Å². The Morgan fingerprint density at radius 2 is 2.09 bits per heavy atom. The summed E-state index contributed by atoms with van der Waals surface area (Å²) in [4.78, 5) is 14.3. The summed E-state index contributed by atoms with van der Waals surface area (Å²) in [5.41, 5.74) is 2.19. The lowest BCUT2D eigenvalue weighted by Gasteiger charge is -2.26. The first kappa shape index (κ1) is 15.8. The smallest absolute Gasteiger partial charge is 0.317 e. The van der Waals surface area contributed by atoms with E-state index in [0.29, 0.717) is 22.8 Å². The minimum Gasteiger partial charge on any atom is -0.317 e. The number of halogens is 2. The lowest BCUT2D eigenvalue weighted by atomic mass is 10.0. The molecule has 0 bridgehead atoms. The van der Waals surface area contributed by atoms with Crippen molar-refractivity contribution in [3.05, 3.63) is 64.4 Å². The van der Waals surface area contributed by atoms with E-state index < -0.39 is 0 Å². The lowest BCUT2D eigenvalue weighted by molar-refractivity contribution is 0.206. The Bertz CT molecular complexity index is 735. The average Bonchev–Trinajstić information content (AvgIpc) is 3.01. The molecule has 0 aliphatic carbocycles. The van der Waals surface area contributed by atoms with Crippen LogP contribution in [0.4, 0.5) is 14.9 Å². The number of urea groups is 1. The molecule has 1 aliphatic rings. The van der Waals surface area contributed by atoms with Crippen LogP contribution >= 0.6 is 11.6 Å². The maximum Gasteiger partial charge on any atom is 0.322 e. The first-order valence-electron chi connectivity index (χ1n) is 7.64. The van der Waals surface area contributed by atoms with Gasteiger partial charge in [-0.25, -0.2) is 9.18 Å². The van der Waals surface area contributed by atoms with Gasteiger partial charge in [0.2, 0.25) is 0 Å². The molecule has 2 aromatic carbocycles. The number of amides is 2. The van der Waals surface area contributed by atoms with Crippen LogP contribution in [0, 0.1) is 12.7 Å². The third-order valence-electron chi connectivity index (χ3n) is 4.22. The number of carbonyl (C=O) groups excluding carboxylic acids is 1. The van der Waals surface area contributed by atoms with Crippen LogP contribution < -0.4 is 5.32 Å². The third-order valence-corrected chi connectivity index (χ3v) is 4.45. The molecule has 1 saturated heterocycles. The van der Waals surface area contributed by atoms with Gasteiger partial charge in [0.1, 0.15) is 5.82 Å². The highest BCUT2D eigenvalue weighted by atomic mass is 35.5. The fourth-order valence-corrected chi connectivity index (χ4v) is 3.17. The summed E-state index contributed by atoms with van der Waals surface area (Å²) in [5.74, 6) is -0.267. The molecule has 0 radical (unpaired) electrons. The number of aryl methyl sites for hydroxylation is 1. The molecule has 23 heavy (non-hydrogen) atoms. The summed E-state index contributed by atoms with van der Waals surface area (Å²) < 4.78 is 14.0. The fraction of sp³-hybridized carbons (Fsp3) is 0.278. The van der Waals surface area contributed by atoms with Crippen LogP contribution in [0.3, 0.4) is 0 Å². The summed E-state index contributed by atoms with van der Waals surface area (Å²) in [6.45, 7) is 2.52. The molecule has 0 unspecified atom stereocenters. The largest absolute Gasteiger partial charge is 0.322 e. The first-order chi connectivity index (χ1) is 11.1. The van der Waals surface area contributed by atoms with E-state index in [2.05, 4.69) is 5.32 Å². The fourth-order valence-electron chi connectivity index (χ4n) is 2.99. The van der Waals surface area contributed by atoms with Crippen molar-refractivity contribution in [1.29, 1.82) is 0 Å². The minimum absolute atomic E-state index is 0.221. The molecule has 0 aromatic heterocycles. The maximum atomic E-state index is 14.0. The molecule has 0 saturated carbocycles. The normalized spacial score (nSPS) is 17.3. The second-order valence-electron chi connectivity index (χ2n) is 5.76. The molecule has 1 fully saturated rings. The molecule has 2 amide bonds. The van der Waals surface area contributed by atoms with Gasteiger partial charge in [0.25, 0.3) is 0 Å². The van der Waals surface area contributed by atoms with Crippen LogP contribution in [0.2, 0.25) is 5.02 Å². The minimum atomic E-state index is -0.267. The number of carbonyl (C=O) groups is 1. The molecule has 1 heterocycles. The third kappa shape index (κ3) is 3.32. The Morgan fingerprint density at radius 1 is 1.30 bits per heavy atom. The summed E-state index contributed by atoms with van der Waals surface area (Å²) in [5, 5.41) is 3.46. The highest BCUT2D eigenvalue weighted by Crippen LogP contribution is 2.34. The average molecular weight is 333 g/mol. The van der Waals surface area contributed by atoms with E-state index in [9.17, 15) is 9.18 Å². The number of likely N-dealkylation sites (tertiary alicyclic amines) is 1. The van der Waals surface area contributed by atoms with E-state index >= 15 is 0 Å². The van der Waals surface area contributed by atoms with Crippen molar-refractivity contribution >= 4 is 23.3 Å². The van der Waals surface area contributed by atoms with Gasteiger partial charge in [0.15, 0.2) is 0 Å². The molecule has 3 rings (SSSR count). The van der Waals surface area contributed by atoms with E-state index in [1.807, 2.05) is 13.0 Å². The number of hydrogen-bond donors (Lipinski definition) is 1. The quantitative estimate of drug-likeness (QED) is 0.809. The topological polar surface area (TPSA) is 32.3 Å². The number of hydrogen-bond acceptors (Lipinski definition) is 1. The zero-order valence-electron chi connectivity index (χ0n) is 12.9. The van der Waals surface area contributed by atoms with Crippen molar-refractivity contribution in [1.82, 2.24) is 4.90 Å². The van der Waals surface area contributed by atoms with Gasteiger partial charge in [-0.1, -0.05) is 35.9 Å². The van der Waals surface area contributed by atoms with Crippen LogP contribution in [-0.2, 0) is 0 Å². The maximum absolute atomic E-state index is 14.0. The van der Waals surface area contributed by atoms with Crippen LogP contribution in [-0.4, -0.2) is 17.5 Å². The van der Waals surface area contributed by atoms with E-state index in [4.69, 9.17) is 11.6 Å². The SMILES string of the molecule is Cc1ccc(Cl)cc1NC(=O)N1CCC[C@H]1c1ccccc1F. The predicted molar refractivity (Wildman–Crippen MR) is 90.3 cm³/mol. The Balaban J connectivity index is 1.81. The van der Waals surface area contributed by atoms with Crippen molar-refractivity contribution in [2.75, 3.05) is 11.9 Å². The van der Waals surface area contributed by atoms with Gasteiger partial charge >= 0.3 is 6.03 Å². The molecule has 120 valence electrons. The second-order valence-corrected chi connectivity index (χ2v) is 6.20. The molecule has 5 heteroatoms. The number of benzene rings is 2. The molecular formula is C18H18ClFN2O. The van der Waals surface area contributed by atoms with Crippen LogP contribution in [0.5, 0.6) is 0 Å². The zero-order valence-corrected chi connectivity index (χ0v) is 13.6. The lowest BCUT2D eigenvalue weighted by Crippen LogP contribution is -2.35. The van der Waals surface area contributed by atoms with Crippen LogP contribution in [0.15, 0.2) is 42.5 Å². The van der Waals surface area contributed by atoms with E-state index in [1.54, 1.807) is 35.2 Å². The Kier molecular flexibility index (Phi) is 4.53. The van der Waals surface area contributed by atoms with E-state index in [1.165, 1.54) is 6.07 Å². The number of anilines is 1. The monoisotopic (exact) mass is 332 g/mol. The van der Waals surface area contributed by atoms with Gasteiger partial charge in [0, 0.05) is 22.8 Å². The molecule has 1 aliphatic heterocycles. The van der Waals surface area contributed by atoms with Gasteiger partial charge in [-0.3, -0.25) is 0 Å². The number of nitrogens with one attached hydrogen (secondary N) is 1. The molecular weight excluding hydrogens is 315 g/mol. The molecule has 3 nitrogen and oxygen atoms in total. The standard InChI is InChI=1S/C18H18ClFN2O/c1-12-8-9-13(19)11-16(12)21-18(23)22-10-4-7-17(22)14-5-2-3-6-15(14)20/h2-3,5-6,8-9,11,17H,4,7,10H2,1H3,(H,21,23)/t17-/m0/s1. The van der Waals surface area contributed by atoms with Gasteiger partial charge < -0.3 is 10.2 Å². The summed E-state index contributed by atoms with van der Waals surface area (Å²) in [6.07, 6.45) is 1.63. The highest BCUT2D eigenvalue weighted by molar-refractivity contribution is 6.31. The summed E-state index contributed by atoms with van der Waals surface area (Å²) >= 11 is 5.99. The van der Waals surface area contributed by atoms with Crippen molar-refractivity contribution in [3.8, 4) is 0 Å². The summed E-state index contributed by atoms with van der Waals surface area (Å²) in [6, 6.07) is 11.6. The van der Waals surface area contributed by atoms with Gasteiger partial charge in [0.05, 0.1) is 6.04 Å². The Labute approximate surface area is 140 Å². The second kappa shape index (κ2) is 6.59. The molecule has 1 N–H and O–H groups in total. The molecule has 1 atom stereocenters. The highest BCUT2D eigenvalue weighted by Gasteiger charge is 2.31. The number of rotatable bonds is 2. The molecule has 2 aromatic rings. The van der Waals surface area contributed by atoms with Crippen molar-refractivity contribution < 1.29 is 9.18 Å². The van der Waals surface area contributed by atoms with Crippen molar-refractivity contribution in [3.63, 3.8) is 0 Å². The van der Waals surface area contributed by atoms with Gasteiger partial charge in [-0.2, -0.15) is 0 Å². The summed E-state index contributed by atoms with van der Waals surface area (Å²) in [7, 11) is 0. The first-order valence-corrected chi connectivity index (χ1v) is 8.02. The predicted octanol–water partition coefficient (Wildman–Crippen LogP) is 5.16. The Morgan fingerprint density at radius 3 is 2.87 bits per heavy atom. The van der Waals surface area contributed by atoms with Crippen LogP contribution in [0.25, 0.3) is 0 Å². The number of nitrogens with zero attached hydrogens (tertiary/aromatic N) is 1. The van der Waals surface area contributed by atoms with E-state index in [-0.39, 0.29) is 17.9 Å². The zero-order chi connectivity index (χ0) is 16.4. The Hall–Kier alpha value is -2.07. The van der Waals surface area contributed by atoms with Gasteiger partial charge in [-0.05, 0) is 43.5 Å². The van der Waals surface area contributed by atoms with Gasteiger partial charge in [-0.15, -0.1) is 0 Å².